The molecule has 2 aromatic rings. The highest BCUT2D eigenvalue weighted by Gasteiger charge is 2.37. The molecule has 154 valence electrons. The quantitative estimate of drug-likeness (QED) is 0.660. The Balaban J connectivity index is 2.40. The fourth-order valence-electron chi connectivity index (χ4n) is 2.78. The van der Waals surface area contributed by atoms with Crippen molar-refractivity contribution in [3.05, 3.63) is 58.9 Å². The molecule has 0 radical (unpaired) electrons. The minimum absolute atomic E-state index is 0.229. The standard InChI is InChI=1S/C21H22F3N3OS/c1-5-18(20(11-25)19-10-13(2)12-26-14(19)3)16-6-8-17(9-7-16)29(28)27-15(4)21(22,23)24/h6-10,12,15,27H,5H2,1-4H3/b20-18+. The Morgan fingerprint density at radius 1 is 1.28 bits per heavy atom. The lowest BCUT2D eigenvalue weighted by molar-refractivity contribution is -0.146. The number of benzene rings is 1. The van der Waals surface area contributed by atoms with Crippen molar-refractivity contribution < 1.29 is 17.4 Å². The summed E-state index contributed by atoms with van der Waals surface area (Å²) < 4.78 is 52.2. The van der Waals surface area contributed by atoms with Gasteiger partial charge in [-0.1, -0.05) is 19.1 Å². The summed E-state index contributed by atoms with van der Waals surface area (Å²) in [5.74, 6) is 0. The molecule has 2 rings (SSSR count). The van der Waals surface area contributed by atoms with Crippen LogP contribution >= 0.6 is 0 Å². The highest BCUT2D eigenvalue weighted by Crippen LogP contribution is 2.30. The highest BCUT2D eigenvalue weighted by atomic mass is 32.2. The Morgan fingerprint density at radius 3 is 2.41 bits per heavy atom. The van der Waals surface area contributed by atoms with Gasteiger partial charge in [0, 0.05) is 17.5 Å². The van der Waals surface area contributed by atoms with Crippen LogP contribution < -0.4 is 4.72 Å². The van der Waals surface area contributed by atoms with Crippen molar-refractivity contribution in [1.82, 2.24) is 9.71 Å². The SMILES string of the molecule is CC/C(=C(/C#N)c1cc(C)cnc1C)c1ccc(S(=O)NC(C)C(F)(F)F)cc1. The van der Waals surface area contributed by atoms with Gasteiger partial charge >= 0.3 is 6.18 Å². The molecule has 0 bridgehead atoms. The van der Waals surface area contributed by atoms with Gasteiger partial charge < -0.3 is 0 Å². The predicted molar refractivity (Wildman–Crippen MR) is 108 cm³/mol. The van der Waals surface area contributed by atoms with Crippen LogP contribution in [-0.4, -0.2) is 21.4 Å². The van der Waals surface area contributed by atoms with Crippen molar-refractivity contribution >= 4 is 22.1 Å². The molecule has 8 heteroatoms. The third-order valence-corrected chi connectivity index (χ3v) is 5.72. The highest BCUT2D eigenvalue weighted by molar-refractivity contribution is 7.83. The number of aryl methyl sites for hydroxylation is 2. The summed E-state index contributed by atoms with van der Waals surface area (Å²) in [6.07, 6.45) is -2.17. The van der Waals surface area contributed by atoms with E-state index in [-0.39, 0.29) is 4.90 Å². The maximum atomic E-state index is 12.7. The molecule has 1 aromatic carbocycles. The van der Waals surface area contributed by atoms with Gasteiger partial charge in [0.15, 0.2) is 0 Å². The Hall–Kier alpha value is -2.50. The van der Waals surface area contributed by atoms with Gasteiger partial charge in [-0.15, -0.1) is 0 Å². The van der Waals surface area contributed by atoms with E-state index in [0.29, 0.717) is 12.0 Å². The number of halogens is 3. The van der Waals surface area contributed by atoms with Crippen LogP contribution in [0.5, 0.6) is 0 Å². The van der Waals surface area contributed by atoms with Crippen molar-refractivity contribution in [3.63, 3.8) is 0 Å². The second-order valence-electron chi connectivity index (χ2n) is 6.64. The maximum Gasteiger partial charge on any atom is 0.404 e. The Kier molecular flexibility index (Phi) is 7.33. The molecule has 0 spiro atoms. The Bertz CT molecular complexity index is 976. The van der Waals surface area contributed by atoms with Crippen molar-refractivity contribution in [1.29, 1.82) is 5.26 Å². The zero-order valence-electron chi connectivity index (χ0n) is 16.6. The summed E-state index contributed by atoms with van der Waals surface area (Å²) >= 11 is 0. The number of allylic oxidation sites excluding steroid dienone is 2. The predicted octanol–water partition coefficient (Wildman–Crippen LogP) is 5.11. The van der Waals surface area contributed by atoms with E-state index >= 15 is 0 Å². The molecule has 0 saturated heterocycles. The third kappa shape index (κ3) is 5.52. The molecule has 1 N–H and O–H groups in total. The van der Waals surface area contributed by atoms with Crippen LogP contribution in [0, 0.1) is 25.2 Å². The van der Waals surface area contributed by atoms with Gasteiger partial charge in [-0.25, -0.2) is 8.93 Å². The number of alkyl halides is 3. The first-order chi connectivity index (χ1) is 13.6. The topological polar surface area (TPSA) is 65.8 Å². The Labute approximate surface area is 171 Å². The minimum Gasteiger partial charge on any atom is -0.261 e. The first kappa shape index (κ1) is 22.8. The zero-order valence-corrected chi connectivity index (χ0v) is 17.4. The average Bonchev–Trinajstić information content (AvgIpc) is 2.67. The molecule has 2 unspecified atom stereocenters. The monoisotopic (exact) mass is 421 g/mol. The number of nitriles is 1. The van der Waals surface area contributed by atoms with Crippen LogP contribution in [0.4, 0.5) is 13.2 Å². The van der Waals surface area contributed by atoms with Gasteiger partial charge in [-0.2, -0.15) is 18.4 Å². The second kappa shape index (κ2) is 9.33. The van der Waals surface area contributed by atoms with Crippen molar-refractivity contribution in [2.45, 2.75) is 51.2 Å². The van der Waals surface area contributed by atoms with Gasteiger partial charge in [0.05, 0.1) is 10.5 Å². The molecule has 0 aliphatic heterocycles. The lowest BCUT2D eigenvalue weighted by Crippen LogP contribution is -2.40. The van der Waals surface area contributed by atoms with Crippen LogP contribution in [-0.2, 0) is 11.0 Å². The summed E-state index contributed by atoms with van der Waals surface area (Å²) in [5.41, 5.74) is 4.45. The molecule has 1 aromatic heterocycles. The fraction of sp³-hybridized carbons (Fsp3) is 0.333. The van der Waals surface area contributed by atoms with E-state index in [1.54, 1.807) is 18.3 Å². The average molecular weight is 421 g/mol. The lowest BCUT2D eigenvalue weighted by atomic mass is 9.92. The van der Waals surface area contributed by atoms with Crippen molar-refractivity contribution in [3.8, 4) is 6.07 Å². The van der Waals surface area contributed by atoms with E-state index < -0.39 is 23.2 Å². The number of nitrogens with zero attached hydrogens (tertiary/aromatic N) is 2. The lowest BCUT2D eigenvalue weighted by Gasteiger charge is -2.17. The minimum atomic E-state index is -4.48. The zero-order chi connectivity index (χ0) is 21.8. The van der Waals surface area contributed by atoms with Crippen molar-refractivity contribution in [2.75, 3.05) is 0 Å². The smallest absolute Gasteiger partial charge is 0.261 e. The molecule has 0 aliphatic rings. The van der Waals surface area contributed by atoms with Gasteiger partial charge in [0.25, 0.3) is 0 Å². The number of pyridine rings is 1. The molecule has 0 saturated carbocycles. The van der Waals surface area contributed by atoms with E-state index in [0.717, 1.165) is 34.9 Å². The molecule has 0 aliphatic carbocycles. The van der Waals surface area contributed by atoms with Crippen LogP contribution in [0.3, 0.4) is 0 Å². The summed E-state index contributed by atoms with van der Waals surface area (Å²) in [7, 11) is -2.00. The van der Waals surface area contributed by atoms with E-state index in [4.69, 9.17) is 0 Å². The Morgan fingerprint density at radius 2 is 1.90 bits per heavy atom. The molecule has 29 heavy (non-hydrogen) atoms. The first-order valence-corrected chi connectivity index (χ1v) is 10.1. The van der Waals surface area contributed by atoms with E-state index in [1.807, 2.05) is 31.6 Å². The molecule has 1 heterocycles. The summed E-state index contributed by atoms with van der Waals surface area (Å²) in [5, 5.41) is 9.78. The van der Waals surface area contributed by atoms with Crippen LogP contribution in [0.15, 0.2) is 41.4 Å². The largest absolute Gasteiger partial charge is 0.404 e. The van der Waals surface area contributed by atoms with Crippen molar-refractivity contribution in [2.24, 2.45) is 0 Å². The van der Waals surface area contributed by atoms with E-state index in [2.05, 4.69) is 11.1 Å². The molecule has 0 amide bonds. The summed E-state index contributed by atoms with van der Waals surface area (Å²) in [4.78, 5) is 4.55. The number of nitrogens with one attached hydrogen (secondary N) is 1. The van der Waals surface area contributed by atoms with Crippen LogP contribution in [0.2, 0.25) is 0 Å². The third-order valence-electron chi connectivity index (χ3n) is 4.45. The number of aromatic nitrogens is 1. The number of hydrogen-bond acceptors (Lipinski definition) is 3. The maximum absolute atomic E-state index is 12.7. The van der Waals surface area contributed by atoms with E-state index in [9.17, 15) is 22.6 Å². The van der Waals surface area contributed by atoms with Crippen LogP contribution in [0.1, 0.15) is 42.7 Å². The number of hydrogen-bond donors (Lipinski definition) is 1. The van der Waals surface area contributed by atoms with Crippen LogP contribution in [0.25, 0.3) is 11.1 Å². The summed E-state index contributed by atoms with van der Waals surface area (Å²) in [6.45, 7) is 6.57. The first-order valence-electron chi connectivity index (χ1n) is 9.00. The summed E-state index contributed by atoms with van der Waals surface area (Å²) in [6, 6.07) is 8.62. The second-order valence-corrected chi connectivity index (χ2v) is 7.88. The number of rotatable bonds is 6. The van der Waals surface area contributed by atoms with Gasteiger partial charge in [-0.3, -0.25) is 4.98 Å². The fourth-order valence-corrected chi connectivity index (χ4v) is 3.76. The molecular formula is C21H22F3N3OS. The normalized spacial score (nSPS) is 14.7. The molecule has 4 nitrogen and oxygen atoms in total. The van der Waals surface area contributed by atoms with Gasteiger partial charge in [0.1, 0.15) is 23.1 Å². The molecule has 0 fully saturated rings. The molecular weight excluding hydrogens is 399 g/mol. The van der Waals surface area contributed by atoms with Gasteiger partial charge in [-0.05, 0) is 62.1 Å². The van der Waals surface area contributed by atoms with Gasteiger partial charge in [0.2, 0.25) is 0 Å². The van der Waals surface area contributed by atoms with E-state index in [1.165, 1.54) is 12.1 Å². The molecule has 2 atom stereocenters.